The van der Waals surface area contributed by atoms with Crippen molar-refractivity contribution in [3.63, 3.8) is 0 Å². The van der Waals surface area contributed by atoms with Gasteiger partial charge in [0.05, 0.1) is 0 Å². The Morgan fingerprint density at radius 3 is 2.56 bits per heavy atom. The van der Waals surface area contributed by atoms with Crippen LogP contribution in [0, 0.1) is 5.82 Å². The molecule has 2 fully saturated rings. The molecule has 2 aromatic rings. The van der Waals surface area contributed by atoms with Crippen LogP contribution in [-0.2, 0) is 11.2 Å². The molecule has 1 amide bonds. The van der Waals surface area contributed by atoms with Crippen molar-refractivity contribution in [2.75, 3.05) is 13.1 Å². The fourth-order valence-corrected chi connectivity index (χ4v) is 4.12. The van der Waals surface area contributed by atoms with Gasteiger partial charge in [0.1, 0.15) is 5.82 Å². The first kappa shape index (κ1) is 18.2. The highest BCUT2D eigenvalue weighted by Gasteiger charge is 2.29. The first-order chi connectivity index (χ1) is 13.1. The highest BCUT2D eigenvalue weighted by molar-refractivity contribution is 6.30. The van der Waals surface area contributed by atoms with Crippen LogP contribution < -0.4 is 10.6 Å². The Bertz CT molecular complexity index is 884. The van der Waals surface area contributed by atoms with Crippen LogP contribution in [0.15, 0.2) is 53.6 Å². The topological polar surface area (TPSA) is 41.1 Å². The van der Waals surface area contributed by atoms with E-state index in [1.807, 2.05) is 24.3 Å². The molecule has 0 saturated carbocycles. The van der Waals surface area contributed by atoms with Crippen molar-refractivity contribution in [2.45, 2.75) is 31.7 Å². The highest BCUT2D eigenvalue weighted by Crippen LogP contribution is 2.28. The van der Waals surface area contributed by atoms with Crippen molar-refractivity contribution >= 4 is 17.5 Å². The lowest BCUT2D eigenvalue weighted by atomic mass is 9.94. The Morgan fingerprint density at radius 1 is 1.07 bits per heavy atom. The maximum atomic E-state index is 14.0. The lowest BCUT2D eigenvalue weighted by Gasteiger charge is -2.17. The minimum atomic E-state index is -0.284. The number of hydrogen-bond acceptors (Lipinski definition) is 2. The van der Waals surface area contributed by atoms with Gasteiger partial charge in [-0.2, -0.15) is 0 Å². The second-order valence-corrected chi connectivity index (χ2v) is 7.67. The smallest absolute Gasteiger partial charge is 0.247 e. The molecule has 5 heteroatoms. The largest absolute Gasteiger partial charge is 0.349 e. The van der Waals surface area contributed by atoms with Gasteiger partial charge < -0.3 is 10.6 Å². The summed E-state index contributed by atoms with van der Waals surface area (Å²) in [5.41, 5.74) is 4.72. The van der Waals surface area contributed by atoms with E-state index >= 15 is 0 Å². The zero-order valence-electron chi connectivity index (χ0n) is 15.0. The molecule has 140 valence electrons. The number of halogens is 2. The molecule has 3 nitrogen and oxygen atoms in total. The van der Waals surface area contributed by atoms with Crippen molar-refractivity contribution in [2.24, 2.45) is 0 Å². The summed E-state index contributed by atoms with van der Waals surface area (Å²) < 4.78 is 14.0. The summed E-state index contributed by atoms with van der Waals surface area (Å²) in [7, 11) is 0. The summed E-state index contributed by atoms with van der Waals surface area (Å²) in [5, 5.41) is 6.96. The maximum absolute atomic E-state index is 14.0. The van der Waals surface area contributed by atoms with Crippen LogP contribution in [0.25, 0.3) is 11.1 Å². The van der Waals surface area contributed by atoms with E-state index in [2.05, 4.69) is 10.6 Å². The number of carbonyl (C=O) groups is 1. The molecule has 27 heavy (non-hydrogen) atoms. The third kappa shape index (κ3) is 4.07. The van der Waals surface area contributed by atoms with E-state index in [-0.39, 0.29) is 17.8 Å². The van der Waals surface area contributed by atoms with Gasteiger partial charge in [-0.1, -0.05) is 41.4 Å². The number of rotatable bonds is 3. The zero-order chi connectivity index (χ0) is 18.8. The molecular weight excluding hydrogens is 363 g/mol. The van der Waals surface area contributed by atoms with E-state index < -0.39 is 0 Å². The normalized spacial score (nSPS) is 20.1. The van der Waals surface area contributed by atoms with Crippen LogP contribution in [0.2, 0.25) is 5.02 Å². The predicted molar refractivity (Wildman–Crippen MR) is 106 cm³/mol. The molecule has 0 radical (unpaired) electrons. The van der Waals surface area contributed by atoms with Gasteiger partial charge in [-0.25, -0.2) is 4.39 Å². The SMILES string of the molecule is O=C1N[C@H](Cc2ccc(-c3cc(Cl)ccc3F)cc2)CC1=C1CCNCC1. The number of amides is 1. The van der Waals surface area contributed by atoms with Crippen LogP contribution in [0.5, 0.6) is 0 Å². The quantitative estimate of drug-likeness (QED) is 0.776. The Hall–Kier alpha value is -2.17. The molecule has 2 aliphatic heterocycles. The molecule has 0 aliphatic carbocycles. The summed E-state index contributed by atoms with van der Waals surface area (Å²) in [5.74, 6) is -0.192. The molecule has 0 aromatic heterocycles. The van der Waals surface area contributed by atoms with Gasteiger partial charge in [-0.05, 0) is 68.1 Å². The standard InChI is InChI=1S/C22H22ClFN2O/c23-17-5-6-21(24)19(12-17)15-3-1-14(2-4-15)11-18-13-20(22(27)26-18)16-7-9-25-10-8-16/h1-6,12,18,25H,7-11,13H2,(H,26,27)/t18-/m1/s1. The van der Waals surface area contributed by atoms with E-state index in [1.165, 1.54) is 11.6 Å². The Balaban J connectivity index is 1.46. The van der Waals surface area contributed by atoms with Gasteiger partial charge in [-0.3, -0.25) is 4.79 Å². The average molecular weight is 385 g/mol. The van der Waals surface area contributed by atoms with Crippen LogP contribution in [0.1, 0.15) is 24.8 Å². The van der Waals surface area contributed by atoms with Crippen molar-refractivity contribution in [1.82, 2.24) is 10.6 Å². The number of benzene rings is 2. The van der Waals surface area contributed by atoms with E-state index in [0.717, 1.165) is 55.5 Å². The Kier molecular flexibility index (Phi) is 5.28. The number of carbonyl (C=O) groups excluding carboxylic acids is 1. The van der Waals surface area contributed by atoms with Gasteiger partial charge >= 0.3 is 0 Å². The molecular formula is C22H22ClFN2O. The highest BCUT2D eigenvalue weighted by atomic mass is 35.5. The molecule has 4 rings (SSSR count). The van der Waals surface area contributed by atoms with Crippen LogP contribution in [0.4, 0.5) is 4.39 Å². The number of nitrogens with one attached hydrogen (secondary N) is 2. The summed E-state index contributed by atoms with van der Waals surface area (Å²) in [6.07, 6.45) is 3.50. The molecule has 2 N–H and O–H groups in total. The molecule has 2 heterocycles. The van der Waals surface area contributed by atoms with Crippen LogP contribution >= 0.6 is 11.6 Å². The van der Waals surface area contributed by atoms with Gasteiger partial charge in [0.2, 0.25) is 5.91 Å². The molecule has 1 atom stereocenters. The van der Waals surface area contributed by atoms with Gasteiger partial charge in [0.25, 0.3) is 0 Å². The molecule has 2 aliphatic rings. The lowest BCUT2D eigenvalue weighted by molar-refractivity contribution is -0.116. The minimum Gasteiger partial charge on any atom is -0.349 e. The minimum absolute atomic E-state index is 0.0921. The summed E-state index contributed by atoms with van der Waals surface area (Å²) in [4.78, 5) is 12.3. The fourth-order valence-electron chi connectivity index (χ4n) is 3.94. The van der Waals surface area contributed by atoms with Crippen molar-refractivity contribution in [1.29, 1.82) is 0 Å². The maximum Gasteiger partial charge on any atom is 0.247 e. The Morgan fingerprint density at radius 2 is 1.81 bits per heavy atom. The predicted octanol–water partition coefficient (Wildman–Crippen LogP) is 4.26. The third-order valence-electron chi connectivity index (χ3n) is 5.37. The molecule has 2 saturated heterocycles. The number of piperidine rings is 1. The second kappa shape index (κ2) is 7.83. The first-order valence-corrected chi connectivity index (χ1v) is 9.75. The van der Waals surface area contributed by atoms with Crippen molar-refractivity contribution in [3.05, 3.63) is 70.0 Å². The van der Waals surface area contributed by atoms with Crippen LogP contribution in [0.3, 0.4) is 0 Å². The molecule has 2 aromatic carbocycles. The van der Waals surface area contributed by atoms with Crippen LogP contribution in [-0.4, -0.2) is 25.0 Å². The third-order valence-corrected chi connectivity index (χ3v) is 5.60. The van der Waals surface area contributed by atoms with Crippen molar-refractivity contribution < 1.29 is 9.18 Å². The lowest BCUT2D eigenvalue weighted by Crippen LogP contribution is -2.28. The molecule has 0 unspecified atom stereocenters. The zero-order valence-corrected chi connectivity index (χ0v) is 15.8. The fraction of sp³-hybridized carbons (Fsp3) is 0.318. The van der Waals surface area contributed by atoms with E-state index in [0.29, 0.717) is 10.6 Å². The number of hydrogen-bond donors (Lipinski definition) is 2. The summed E-state index contributed by atoms with van der Waals surface area (Å²) in [6, 6.07) is 12.5. The monoisotopic (exact) mass is 384 g/mol. The van der Waals surface area contributed by atoms with Crippen molar-refractivity contribution in [3.8, 4) is 11.1 Å². The van der Waals surface area contributed by atoms with Gasteiger partial charge in [-0.15, -0.1) is 0 Å². The van der Waals surface area contributed by atoms with E-state index in [4.69, 9.17) is 11.6 Å². The van der Waals surface area contributed by atoms with Gasteiger partial charge in [0.15, 0.2) is 0 Å². The summed E-state index contributed by atoms with van der Waals surface area (Å²) >= 11 is 5.99. The first-order valence-electron chi connectivity index (χ1n) is 9.37. The summed E-state index contributed by atoms with van der Waals surface area (Å²) in [6.45, 7) is 1.91. The molecule has 0 bridgehead atoms. The second-order valence-electron chi connectivity index (χ2n) is 7.23. The van der Waals surface area contributed by atoms with Gasteiger partial charge in [0, 0.05) is 22.2 Å². The molecule has 0 spiro atoms. The Labute approximate surface area is 163 Å². The average Bonchev–Trinajstić information content (AvgIpc) is 3.05. The van der Waals surface area contributed by atoms with E-state index in [1.54, 1.807) is 12.1 Å². The van der Waals surface area contributed by atoms with E-state index in [9.17, 15) is 9.18 Å².